The van der Waals surface area contributed by atoms with Gasteiger partial charge in [-0.1, -0.05) is 38.1 Å². The average molecular weight is 453 g/mol. The van der Waals surface area contributed by atoms with Crippen LogP contribution in [-0.4, -0.2) is 32.1 Å². The molecule has 2 aromatic rings. The molecular weight excluding hydrogens is 428 g/mol. The van der Waals surface area contributed by atoms with Crippen molar-refractivity contribution < 1.29 is 23.9 Å². The van der Waals surface area contributed by atoms with E-state index in [1.54, 1.807) is 0 Å². The van der Waals surface area contributed by atoms with E-state index in [0.717, 1.165) is 10.4 Å². The molecule has 166 valence electrons. The Hall–Kier alpha value is -3.44. The Bertz CT molecular complexity index is 1120. The molecule has 0 spiro atoms. The fraction of sp³-hybridized carbons (Fsp3) is 0.333. The van der Waals surface area contributed by atoms with Crippen LogP contribution in [0.15, 0.2) is 29.8 Å². The molecule has 7 nitrogen and oxygen atoms in total. The van der Waals surface area contributed by atoms with Crippen LogP contribution in [0.25, 0.3) is 6.08 Å². The summed E-state index contributed by atoms with van der Waals surface area (Å²) in [6, 6.07) is 9.52. The van der Waals surface area contributed by atoms with Gasteiger partial charge in [0.2, 0.25) is 0 Å². The number of thiophene rings is 1. The van der Waals surface area contributed by atoms with Gasteiger partial charge < -0.3 is 14.8 Å². The van der Waals surface area contributed by atoms with Crippen LogP contribution in [0.5, 0.6) is 0 Å². The fourth-order valence-corrected chi connectivity index (χ4v) is 4.96. The number of nitrogens with zero attached hydrogens (tertiary/aromatic N) is 1. The second-order valence-electron chi connectivity index (χ2n) is 7.69. The number of aryl methyl sites for hydroxylation is 1. The number of hydrogen-bond donors (Lipinski definition) is 1. The van der Waals surface area contributed by atoms with Crippen molar-refractivity contribution >= 4 is 40.3 Å². The van der Waals surface area contributed by atoms with E-state index in [0.29, 0.717) is 29.9 Å². The van der Waals surface area contributed by atoms with Gasteiger partial charge in [-0.2, -0.15) is 5.26 Å². The van der Waals surface area contributed by atoms with Gasteiger partial charge in [-0.3, -0.25) is 9.59 Å². The number of nitriles is 1. The minimum absolute atomic E-state index is 0.101. The number of rotatable bonds is 6. The van der Waals surface area contributed by atoms with Gasteiger partial charge in [-0.25, -0.2) is 4.79 Å². The van der Waals surface area contributed by atoms with Crippen molar-refractivity contribution in [2.24, 2.45) is 0 Å². The first-order valence-electron chi connectivity index (χ1n) is 10.2. The monoisotopic (exact) mass is 452 g/mol. The molecule has 0 radical (unpaired) electrons. The standard InChI is InChI=1S/C24H24N2O5S/c1-13(2)15-7-5-14(6-8-15)11-16(12-25)21(27)26-22-20(24(29)31-4)19-17(23(28)30-3)9-10-18(19)32-22/h5-8,11,13,17H,9-10H2,1-4H3,(H,26,27)/b16-11-. The molecular formula is C24H24N2O5S. The second-order valence-corrected chi connectivity index (χ2v) is 8.80. The van der Waals surface area contributed by atoms with Crippen LogP contribution in [-0.2, 0) is 25.5 Å². The molecule has 1 aliphatic rings. The summed E-state index contributed by atoms with van der Waals surface area (Å²) in [4.78, 5) is 38.4. The van der Waals surface area contributed by atoms with Crippen LogP contribution in [0, 0.1) is 11.3 Å². The van der Waals surface area contributed by atoms with Gasteiger partial charge in [0.15, 0.2) is 0 Å². The lowest BCUT2D eigenvalue weighted by molar-refractivity contribution is -0.142. The zero-order valence-corrected chi connectivity index (χ0v) is 19.2. The molecule has 1 heterocycles. The van der Waals surface area contributed by atoms with Gasteiger partial charge in [-0.05, 0) is 41.5 Å². The Morgan fingerprint density at radius 1 is 1.19 bits per heavy atom. The van der Waals surface area contributed by atoms with Gasteiger partial charge in [0.05, 0.1) is 25.7 Å². The van der Waals surface area contributed by atoms with Crippen molar-refractivity contribution in [2.45, 2.75) is 38.5 Å². The molecule has 1 N–H and O–H groups in total. The van der Waals surface area contributed by atoms with Crippen LogP contribution >= 0.6 is 11.3 Å². The molecule has 1 atom stereocenters. The summed E-state index contributed by atoms with van der Waals surface area (Å²) >= 11 is 1.21. The maximum Gasteiger partial charge on any atom is 0.341 e. The topological polar surface area (TPSA) is 105 Å². The Morgan fingerprint density at radius 2 is 1.88 bits per heavy atom. The number of amides is 1. The molecule has 1 amide bonds. The number of fused-ring (bicyclic) bond motifs is 1. The van der Waals surface area contributed by atoms with Crippen molar-refractivity contribution in [3.05, 3.63) is 57.0 Å². The van der Waals surface area contributed by atoms with Crippen LogP contribution < -0.4 is 5.32 Å². The number of nitrogens with one attached hydrogen (secondary N) is 1. The van der Waals surface area contributed by atoms with Gasteiger partial charge in [-0.15, -0.1) is 11.3 Å². The number of anilines is 1. The Morgan fingerprint density at radius 3 is 2.44 bits per heavy atom. The van der Waals surface area contributed by atoms with Crippen LogP contribution in [0.3, 0.4) is 0 Å². The summed E-state index contributed by atoms with van der Waals surface area (Å²) in [5, 5.41) is 12.5. The first-order chi connectivity index (χ1) is 15.3. The molecule has 1 aromatic heterocycles. The lowest BCUT2D eigenvalue weighted by atomic mass is 9.99. The number of carbonyl (C=O) groups is 3. The van der Waals surface area contributed by atoms with Gasteiger partial charge in [0.1, 0.15) is 16.6 Å². The van der Waals surface area contributed by atoms with E-state index in [4.69, 9.17) is 9.47 Å². The molecule has 1 aromatic carbocycles. The van der Waals surface area contributed by atoms with Crippen LogP contribution in [0.1, 0.15) is 64.0 Å². The summed E-state index contributed by atoms with van der Waals surface area (Å²) in [6.45, 7) is 4.17. The second kappa shape index (κ2) is 9.79. The molecule has 3 rings (SSSR count). The van der Waals surface area contributed by atoms with Crippen molar-refractivity contribution in [1.82, 2.24) is 0 Å². The first-order valence-corrected chi connectivity index (χ1v) is 11.0. The third-order valence-corrected chi connectivity index (χ3v) is 6.59. The van der Waals surface area contributed by atoms with Crippen molar-refractivity contribution in [2.75, 3.05) is 19.5 Å². The van der Waals surface area contributed by atoms with E-state index in [9.17, 15) is 19.6 Å². The van der Waals surface area contributed by atoms with Gasteiger partial charge in [0, 0.05) is 4.88 Å². The van der Waals surface area contributed by atoms with Crippen molar-refractivity contribution in [3.63, 3.8) is 0 Å². The number of benzene rings is 1. The van der Waals surface area contributed by atoms with E-state index in [2.05, 4.69) is 19.2 Å². The Labute approximate surface area is 190 Å². The molecule has 32 heavy (non-hydrogen) atoms. The number of carbonyl (C=O) groups excluding carboxylic acids is 3. The zero-order chi connectivity index (χ0) is 23.4. The predicted octanol–water partition coefficient (Wildman–Crippen LogP) is 4.41. The number of esters is 2. The molecule has 0 saturated carbocycles. The Balaban J connectivity index is 1.92. The minimum Gasteiger partial charge on any atom is -0.469 e. The zero-order valence-electron chi connectivity index (χ0n) is 18.4. The highest BCUT2D eigenvalue weighted by atomic mass is 32.1. The SMILES string of the molecule is COC(=O)c1c(NC(=O)/C(C#N)=C\c2ccc(C(C)C)cc2)sc2c1C(C(=O)OC)CC2. The van der Waals surface area contributed by atoms with Crippen LogP contribution in [0.2, 0.25) is 0 Å². The molecule has 0 bridgehead atoms. The number of hydrogen-bond acceptors (Lipinski definition) is 7. The van der Waals surface area contributed by atoms with Crippen LogP contribution in [0.4, 0.5) is 5.00 Å². The highest BCUT2D eigenvalue weighted by Crippen LogP contribution is 2.46. The van der Waals surface area contributed by atoms with Crippen molar-refractivity contribution in [3.8, 4) is 6.07 Å². The third kappa shape index (κ3) is 4.58. The first kappa shape index (κ1) is 23.2. The summed E-state index contributed by atoms with van der Waals surface area (Å²) in [5.74, 6) is -1.94. The molecule has 1 unspecified atom stereocenters. The smallest absolute Gasteiger partial charge is 0.341 e. The van der Waals surface area contributed by atoms with E-state index in [1.165, 1.54) is 31.6 Å². The summed E-state index contributed by atoms with van der Waals surface area (Å²) in [6.07, 6.45) is 2.61. The lowest BCUT2D eigenvalue weighted by Gasteiger charge is -2.11. The van der Waals surface area contributed by atoms with E-state index in [1.807, 2.05) is 30.3 Å². The average Bonchev–Trinajstić information content (AvgIpc) is 3.35. The van der Waals surface area contributed by atoms with Gasteiger partial charge >= 0.3 is 11.9 Å². The highest BCUT2D eigenvalue weighted by molar-refractivity contribution is 7.17. The quantitative estimate of drug-likeness (QED) is 0.395. The molecule has 0 fully saturated rings. The number of ether oxygens (including phenoxy) is 2. The maximum atomic E-state index is 12.8. The molecule has 0 saturated heterocycles. The Kier molecular flexibility index (Phi) is 7.11. The molecule has 0 aliphatic heterocycles. The maximum absolute atomic E-state index is 12.8. The number of methoxy groups -OCH3 is 2. The van der Waals surface area contributed by atoms with Crippen molar-refractivity contribution in [1.29, 1.82) is 5.26 Å². The normalized spacial score (nSPS) is 15.1. The third-order valence-electron chi connectivity index (χ3n) is 5.41. The molecule has 1 aliphatic carbocycles. The van der Waals surface area contributed by atoms with E-state index < -0.39 is 23.8 Å². The largest absolute Gasteiger partial charge is 0.469 e. The summed E-state index contributed by atoms with van der Waals surface area (Å²) in [7, 11) is 2.53. The summed E-state index contributed by atoms with van der Waals surface area (Å²) in [5.41, 5.74) is 2.45. The lowest BCUT2D eigenvalue weighted by Crippen LogP contribution is -2.18. The van der Waals surface area contributed by atoms with E-state index >= 15 is 0 Å². The highest BCUT2D eigenvalue weighted by Gasteiger charge is 2.38. The fourth-order valence-electron chi connectivity index (χ4n) is 3.70. The van der Waals surface area contributed by atoms with Gasteiger partial charge in [0.25, 0.3) is 5.91 Å². The minimum atomic E-state index is -0.652. The molecule has 8 heteroatoms. The predicted molar refractivity (Wildman–Crippen MR) is 121 cm³/mol. The van der Waals surface area contributed by atoms with E-state index in [-0.39, 0.29) is 16.1 Å². The summed E-state index contributed by atoms with van der Waals surface area (Å²) < 4.78 is 9.77.